The highest BCUT2D eigenvalue weighted by Crippen LogP contribution is 2.40. The molecule has 110 valence electrons. The van der Waals surface area contributed by atoms with E-state index in [1.165, 1.54) is 0 Å². The monoisotopic (exact) mass is 270 g/mol. The van der Waals surface area contributed by atoms with Gasteiger partial charge in [0.2, 0.25) is 0 Å². The van der Waals surface area contributed by atoms with Crippen molar-refractivity contribution in [3.05, 3.63) is 0 Å². The van der Waals surface area contributed by atoms with Crippen LogP contribution in [0.15, 0.2) is 0 Å². The Morgan fingerprint density at radius 2 is 1.84 bits per heavy atom. The van der Waals surface area contributed by atoms with Crippen molar-refractivity contribution in [3.8, 4) is 0 Å². The SMILES string of the molecule is CCC(CC)C(C)NC(=O)NCC1(C(=O)O)CCC1. The maximum absolute atomic E-state index is 11.8. The van der Waals surface area contributed by atoms with Gasteiger partial charge in [0, 0.05) is 12.6 Å². The fourth-order valence-corrected chi connectivity index (χ4v) is 2.69. The molecule has 0 aliphatic heterocycles. The Balaban J connectivity index is 2.37. The van der Waals surface area contributed by atoms with E-state index < -0.39 is 11.4 Å². The second-order valence-electron chi connectivity index (χ2n) is 5.63. The van der Waals surface area contributed by atoms with Gasteiger partial charge < -0.3 is 15.7 Å². The highest BCUT2D eigenvalue weighted by Gasteiger charge is 2.44. The van der Waals surface area contributed by atoms with E-state index in [1.54, 1.807) is 0 Å². The Morgan fingerprint density at radius 3 is 2.21 bits per heavy atom. The Kier molecular flexibility index (Phi) is 5.63. The van der Waals surface area contributed by atoms with Crippen LogP contribution in [-0.4, -0.2) is 29.7 Å². The molecule has 0 radical (unpaired) electrons. The molecule has 0 bridgehead atoms. The number of carbonyl (C=O) groups is 2. The lowest BCUT2D eigenvalue weighted by Crippen LogP contribution is -2.51. The fraction of sp³-hybridized carbons (Fsp3) is 0.857. The predicted molar refractivity (Wildman–Crippen MR) is 74.0 cm³/mol. The molecule has 1 aliphatic rings. The summed E-state index contributed by atoms with van der Waals surface area (Å²) < 4.78 is 0. The number of hydrogen-bond donors (Lipinski definition) is 3. The van der Waals surface area contributed by atoms with Gasteiger partial charge in [-0.25, -0.2) is 4.79 Å². The Labute approximate surface area is 115 Å². The molecule has 0 aromatic heterocycles. The van der Waals surface area contributed by atoms with Crippen LogP contribution in [0.2, 0.25) is 0 Å². The molecule has 1 saturated carbocycles. The minimum atomic E-state index is -0.799. The maximum Gasteiger partial charge on any atom is 0.315 e. The summed E-state index contributed by atoms with van der Waals surface area (Å²) in [5.41, 5.74) is -0.727. The van der Waals surface area contributed by atoms with Gasteiger partial charge in [0.15, 0.2) is 0 Å². The summed E-state index contributed by atoms with van der Waals surface area (Å²) in [7, 11) is 0. The first kappa shape index (κ1) is 15.8. The third kappa shape index (κ3) is 3.85. The zero-order chi connectivity index (χ0) is 14.5. The van der Waals surface area contributed by atoms with Gasteiger partial charge in [0.25, 0.3) is 0 Å². The molecule has 1 unspecified atom stereocenters. The van der Waals surface area contributed by atoms with Crippen LogP contribution in [0.25, 0.3) is 0 Å². The average Bonchev–Trinajstić information content (AvgIpc) is 2.28. The summed E-state index contributed by atoms with van der Waals surface area (Å²) in [6.45, 7) is 6.44. The number of nitrogens with one attached hydrogen (secondary N) is 2. The first-order chi connectivity index (χ1) is 8.95. The molecule has 1 atom stereocenters. The first-order valence-corrected chi connectivity index (χ1v) is 7.23. The zero-order valence-electron chi connectivity index (χ0n) is 12.2. The second-order valence-corrected chi connectivity index (χ2v) is 5.63. The van der Waals surface area contributed by atoms with Crippen molar-refractivity contribution in [2.75, 3.05) is 6.54 Å². The van der Waals surface area contributed by atoms with Crippen molar-refractivity contribution in [1.82, 2.24) is 10.6 Å². The van der Waals surface area contributed by atoms with E-state index in [4.69, 9.17) is 0 Å². The standard InChI is InChI=1S/C14H26N2O3/c1-4-11(5-2)10(3)16-13(19)15-9-14(12(17)18)7-6-8-14/h10-11H,4-9H2,1-3H3,(H,17,18)(H2,15,16,19). The molecule has 0 aromatic rings. The Bertz CT molecular complexity index is 323. The lowest BCUT2D eigenvalue weighted by Gasteiger charge is -2.37. The lowest BCUT2D eigenvalue weighted by atomic mass is 9.69. The van der Waals surface area contributed by atoms with Gasteiger partial charge in [-0.1, -0.05) is 33.1 Å². The summed E-state index contributed by atoms with van der Waals surface area (Å²) in [5.74, 6) is -0.338. The number of urea groups is 1. The number of rotatable bonds is 7. The molecule has 1 rings (SSSR count). The molecule has 2 amide bonds. The second kappa shape index (κ2) is 6.78. The average molecular weight is 270 g/mol. The van der Waals surface area contributed by atoms with Crippen molar-refractivity contribution >= 4 is 12.0 Å². The van der Waals surface area contributed by atoms with Crippen LogP contribution in [0.1, 0.15) is 52.9 Å². The topological polar surface area (TPSA) is 78.4 Å². The molecule has 3 N–H and O–H groups in total. The molecule has 19 heavy (non-hydrogen) atoms. The van der Waals surface area contributed by atoms with E-state index in [0.717, 1.165) is 19.3 Å². The fourth-order valence-electron chi connectivity index (χ4n) is 2.69. The summed E-state index contributed by atoms with van der Waals surface area (Å²) in [5, 5.41) is 14.8. The van der Waals surface area contributed by atoms with Crippen molar-refractivity contribution in [3.63, 3.8) is 0 Å². The lowest BCUT2D eigenvalue weighted by molar-refractivity contribution is -0.153. The van der Waals surface area contributed by atoms with Crippen LogP contribution in [0, 0.1) is 11.3 Å². The summed E-state index contributed by atoms with van der Waals surface area (Å²) >= 11 is 0. The highest BCUT2D eigenvalue weighted by atomic mass is 16.4. The maximum atomic E-state index is 11.8. The van der Waals surface area contributed by atoms with Gasteiger partial charge in [-0.15, -0.1) is 0 Å². The summed E-state index contributed by atoms with van der Waals surface area (Å²) in [4.78, 5) is 23.0. The molecular formula is C14H26N2O3. The van der Waals surface area contributed by atoms with E-state index in [-0.39, 0.29) is 18.6 Å². The van der Waals surface area contributed by atoms with Crippen molar-refractivity contribution in [2.45, 2.75) is 58.9 Å². The van der Waals surface area contributed by atoms with Gasteiger partial charge in [-0.2, -0.15) is 0 Å². The van der Waals surface area contributed by atoms with Crippen LogP contribution in [-0.2, 0) is 4.79 Å². The third-order valence-corrected chi connectivity index (χ3v) is 4.47. The van der Waals surface area contributed by atoms with E-state index in [1.807, 2.05) is 6.92 Å². The Morgan fingerprint density at radius 1 is 1.26 bits per heavy atom. The number of carboxylic acid groups (broad SMARTS) is 1. The molecule has 0 heterocycles. The van der Waals surface area contributed by atoms with Gasteiger partial charge in [-0.05, 0) is 25.7 Å². The van der Waals surface area contributed by atoms with Crippen LogP contribution in [0.5, 0.6) is 0 Å². The molecule has 1 aliphatic carbocycles. The molecule has 0 aromatic carbocycles. The van der Waals surface area contributed by atoms with E-state index in [2.05, 4.69) is 24.5 Å². The van der Waals surface area contributed by atoms with Crippen molar-refractivity contribution in [1.29, 1.82) is 0 Å². The van der Waals surface area contributed by atoms with Crippen LogP contribution >= 0.6 is 0 Å². The molecular weight excluding hydrogens is 244 g/mol. The zero-order valence-corrected chi connectivity index (χ0v) is 12.2. The summed E-state index contributed by atoms with van der Waals surface area (Å²) in [6.07, 6.45) is 4.29. The van der Waals surface area contributed by atoms with Gasteiger partial charge in [-0.3, -0.25) is 4.79 Å². The number of aliphatic carboxylic acids is 1. The molecule has 1 fully saturated rings. The Hall–Kier alpha value is -1.26. The molecule has 5 heteroatoms. The number of carbonyl (C=O) groups excluding carboxylic acids is 1. The van der Waals surface area contributed by atoms with Gasteiger partial charge in [0.1, 0.15) is 0 Å². The number of carboxylic acids is 1. The van der Waals surface area contributed by atoms with Crippen LogP contribution in [0.4, 0.5) is 4.79 Å². The largest absolute Gasteiger partial charge is 0.481 e. The normalized spacial score (nSPS) is 18.5. The minimum absolute atomic E-state index is 0.108. The van der Waals surface area contributed by atoms with Crippen molar-refractivity contribution < 1.29 is 14.7 Å². The smallest absolute Gasteiger partial charge is 0.315 e. The van der Waals surface area contributed by atoms with Crippen molar-refractivity contribution in [2.24, 2.45) is 11.3 Å². The molecule has 0 saturated heterocycles. The minimum Gasteiger partial charge on any atom is -0.481 e. The van der Waals surface area contributed by atoms with Crippen LogP contribution in [0.3, 0.4) is 0 Å². The van der Waals surface area contributed by atoms with Gasteiger partial charge >= 0.3 is 12.0 Å². The van der Waals surface area contributed by atoms with E-state index in [9.17, 15) is 14.7 Å². The highest BCUT2D eigenvalue weighted by molar-refractivity contribution is 5.78. The van der Waals surface area contributed by atoms with Gasteiger partial charge in [0.05, 0.1) is 5.41 Å². The quantitative estimate of drug-likeness (QED) is 0.664. The number of amides is 2. The number of hydrogen-bond acceptors (Lipinski definition) is 2. The predicted octanol–water partition coefficient (Wildman–Crippen LogP) is 2.37. The molecule has 5 nitrogen and oxygen atoms in total. The molecule has 0 spiro atoms. The summed E-state index contributed by atoms with van der Waals surface area (Å²) in [6, 6.07) is -0.149. The first-order valence-electron chi connectivity index (χ1n) is 7.23. The van der Waals surface area contributed by atoms with E-state index >= 15 is 0 Å². The third-order valence-electron chi connectivity index (χ3n) is 4.47. The van der Waals surface area contributed by atoms with Crippen LogP contribution < -0.4 is 10.6 Å². The van der Waals surface area contributed by atoms with E-state index in [0.29, 0.717) is 18.8 Å².